The predicted molar refractivity (Wildman–Crippen MR) is 71.0 cm³/mol. The van der Waals surface area contributed by atoms with Gasteiger partial charge in [-0.3, -0.25) is 4.79 Å². The second kappa shape index (κ2) is 6.77. The van der Waals surface area contributed by atoms with Gasteiger partial charge in [0.25, 0.3) is 0 Å². The van der Waals surface area contributed by atoms with E-state index in [-0.39, 0.29) is 11.9 Å². The van der Waals surface area contributed by atoms with E-state index in [0.717, 1.165) is 38.3 Å². The van der Waals surface area contributed by atoms with Crippen LogP contribution in [0.5, 0.6) is 0 Å². The lowest BCUT2D eigenvalue weighted by atomic mass is 10.0. The van der Waals surface area contributed by atoms with Crippen LogP contribution in [0.2, 0.25) is 0 Å². The molecular weight excluding hydrogens is 214 g/mol. The third kappa shape index (κ3) is 4.13. The number of rotatable bonds is 6. The van der Waals surface area contributed by atoms with Gasteiger partial charge in [0.1, 0.15) is 0 Å². The SMILES string of the molecule is CCN(CC)CC(C)NC(=O)C(C)=C1CNC1. The first-order valence-corrected chi connectivity index (χ1v) is 6.51. The average Bonchev–Trinajstić information content (AvgIpc) is 2.23. The van der Waals surface area contributed by atoms with Gasteiger partial charge in [0, 0.05) is 31.2 Å². The fourth-order valence-electron chi connectivity index (χ4n) is 1.92. The molecule has 0 aromatic carbocycles. The van der Waals surface area contributed by atoms with E-state index in [0.29, 0.717) is 0 Å². The number of nitrogens with zero attached hydrogens (tertiary/aromatic N) is 1. The molecule has 1 saturated heterocycles. The minimum absolute atomic E-state index is 0.0844. The number of nitrogens with one attached hydrogen (secondary N) is 2. The monoisotopic (exact) mass is 239 g/mol. The van der Waals surface area contributed by atoms with E-state index in [1.807, 2.05) is 6.92 Å². The van der Waals surface area contributed by atoms with Crippen LogP contribution in [0.4, 0.5) is 0 Å². The van der Waals surface area contributed by atoms with Gasteiger partial charge < -0.3 is 15.5 Å². The summed E-state index contributed by atoms with van der Waals surface area (Å²) in [4.78, 5) is 14.2. The number of carbonyl (C=O) groups excluding carboxylic acids is 1. The zero-order valence-electron chi connectivity index (χ0n) is 11.5. The lowest BCUT2D eigenvalue weighted by molar-refractivity contribution is -0.118. The van der Waals surface area contributed by atoms with Crippen LogP contribution < -0.4 is 10.6 Å². The maximum Gasteiger partial charge on any atom is 0.247 e. The van der Waals surface area contributed by atoms with Crippen LogP contribution in [0.1, 0.15) is 27.7 Å². The van der Waals surface area contributed by atoms with Crippen molar-refractivity contribution in [1.82, 2.24) is 15.5 Å². The summed E-state index contributed by atoms with van der Waals surface area (Å²) in [6, 6.07) is 0.200. The number of carbonyl (C=O) groups is 1. The van der Waals surface area contributed by atoms with Gasteiger partial charge in [0.15, 0.2) is 0 Å². The Balaban J connectivity index is 2.40. The van der Waals surface area contributed by atoms with Crippen LogP contribution in [0.15, 0.2) is 11.1 Å². The van der Waals surface area contributed by atoms with Crippen molar-refractivity contribution >= 4 is 5.91 Å². The molecule has 1 heterocycles. The summed E-state index contributed by atoms with van der Waals surface area (Å²) in [7, 11) is 0. The fraction of sp³-hybridized carbons (Fsp3) is 0.769. The molecule has 2 N–H and O–H groups in total. The third-order valence-corrected chi connectivity index (χ3v) is 3.35. The molecule has 4 heteroatoms. The van der Waals surface area contributed by atoms with E-state index < -0.39 is 0 Å². The largest absolute Gasteiger partial charge is 0.349 e. The average molecular weight is 239 g/mol. The Labute approximate surface area is 104 Å². The second-order valence-electron chi connectivity index (χ2n) is 4.69. The molecule has 1 fully saturated rings. The summed E-state index contributed by atoms with van der Waals surface area (Å²) in [5.41, 5.74) is 2.12. The van der Waals surface area contributed by atoms with E-state index in [1.54, 1.807) is 0 Å². The van der Waals surface area contributed by atoms with Crippen molar-refractivity contribution in [3.05, 3.63) is 11.1 Å². The predicted octanol–water partition coefficient (Wildman–Crippen LogP) is 0.753. The van der Waals surface area contributed by atoms with Gasteiger partial charge in [-0.1, -0.05) is 13.8 Å². The van der Waals surface area contributed by atoms with Crippen molar-refractivity contribution in [2.45, 2.75) is 33.7 Å². The molecule has 1 rings (SSSR count). The van der Waals surface area contributed by atoms with E-state index in [1.165, 1.54) is 5.57 Å². The molecule has 0 aliphatic carbocycles. The summed E-state index contributed by atoms with van der Waals surface area (Å²) in [5, 5.41) is 6.22. The molecule has 0 radical (unpaired) electrons. The molecule has 1 aliphatic rings. The Kier molecular flexibility index (Phi) is 5.65. The van der Waals surface area contributed by atoms with E-state index in [4.69, 9.17) is 0 Å². The van der Waals surface area contributed by atoms with Gasteiger partial charge in [-0.15, -0.1) is 0 Å². The lowest BCUT2D eigenvalue weighted by Gasteiger charge is -2.25. The quantitative estimate of drug-likeness (QED) is 0.672. The maximum absolute atomic E-state index is 11.9. The summed E-state index contributed by atoms with van der Waals surface area (Å²) >= 11 is 0. The number of likely N-dealkylation sites (N-methyl/N-ethyl adjacent to an activating group) is 1. The van der Waals surface area contributed by atoms with Crippen molar-refractivity contribution in [1.29, 1.82) is 0 Å². The highest BCUT2D eigenvalue weighted by Crippen LogP contribution is 2.08. The molecule has 1 atom stereocenters. The van der Waals surface area contributed by atoms with Crippen LogP contribution in [0.3, 0.4) is 0 Å². The van der Waals surface area contributed by atoms with Gasteiger partial charge in [-0.2, -0.15) is 0 Å². The Bertz CT molecular complexity index is 289. The zero-order valence-corrected chi connectivity index (χ0v) is 11.5. The van der Waals surface area contributed by atoms with Crippen molar-refractivity contribution in [2.24, 2.45) is 0 Å². The number of amides is 1. The summed E-state index contributed by atoms with van der Waals surface area (Å²) in [5.74, 6) is 0.0844. The van der Waals surface area contributed by atoms with Crippen LogP contribution in [0, 0.1) is 0 Å². The molecule has 17 heavy (non-hydrogen) atoms. The Morgan fingerprint density at radius 2 is 2.00 bits per heavy atom. The third-order valence-electron chi connectivity index (χ3n) is 3.35. The van der Waals surface area contributed by atoms with E-state index in [2.05, 4.69) is 36.3 Å². The van der Waals surface area contributed by atoms with E-state index >= 15 is 0 Å². The summed E-state index contributed by atoms with van der Waals surface area (Å²) in [6.45, 7) is 13.0. The summed E-state index contributed by atoms with van der Waals surface area (Å²) in [6.07, 6.45) is 0. The Morgan fingerprint density at radius 3 is 2.41 bits per heavy atom. The molecular formula is C13H25N3O. The van der Waals surface area contributed by atoms with Crippen LogP contribution in [0.25, 0.3) is 0 Å². The zero-order chi connectivity index (χ0) is 12.8. The minimum atomic E-state index is 0.0844. The molecule has 0 spiro atoms. The first-order chi connectivity index (χ1) is 8.08. The van der Waals surface area contributed by atoms with Crippen LogP contribution in [-0.4, -0.2) is 49.6 Å². The molecule has 4 nitrogen and oxygen atoms in total. The lowest BCUT2D eigenvalue weighted by Crippen LogP contribution is -2.44. The van der Waals surface area contributed by atoms with Gasteiger partial charge in [0.2, 0.25) is 5.91 Å². The van der Waals surface area contributed by atoms with Crippen LogP contribution in [-0.2, 0) is 4.79 Å². The molecule has 1 unspecified atom stereocenters. The molecule has 98 valence electrons. The molecule has 1 aliphatic heterocycles. The fourth-order valence-corrected chi connectivity index (χ4v) is 1.92. The Hall–Kier alpha value is -0.870. The van der Waals surface area contributed by atoms with Gasteiger partial charge in [-0.25, -0.2) is 0 Å². The Morgan fingerprint density at radius 1 is 1.41 bits per heavy atom. The highest BCUT2D eigenvalue weighted by atomic mass is 16.1. The standard InChI is InChI=1S/C13H25N3O/c1-5-16(6-2)9-10(3)15-13(17)11(4)12-7-14-8-12/h10,14H,5-9H2,1-4H3,(H,15,17). The van der Waals surface area contributed by atoms with E-state index in [9.17, 15) is 4.79 Å². The van der Waals surface area contributed by atoms with Crippen molar-refractivity contribution in [3.63, 3.8) is 0 Å². The smallest absolute Gasteiger partial charge is 0.247 e. The molecule has 0 saturated carbocycles. The molecule has 0 aromatic rings. The highest BCUT2D eigenvalue weighted by Gasteiger charge is 2.17. The van der Waals surface area contributed by atoms with Gasteiger partial charge >= 0.3 is 0 Å². The maximum atomic E-state index is 11.9. The van der Waals surface area contributed by atoms with Crippen LogP contribution >= 0.6 is 0 Å². The van der Waals surface area contributed by atoms with Crippen molar-refractivity contribution in [2.75, 3.05) is 32.7 Å². The molecule has 1 amide bonds. The topological polar surface area (TPSA) is 44.4 Å². The first-order valence-electron chi connectivity index (χ1n) is 6.51. The number of hydrogen-bond donors (Lipinski definition) is 2. The van der Waals surface area contributed by atoms with Crippen molar-refractivity contribution < 1.29 is 4.79 Å². The highest BCUT2D eigenvalue weighted by molar-refractivity contribution is 5.94. The second-order valence-corrected chi connectivity index (χ2v) is 4.69. The molecule has 0 bridgehead atoms. The van der Waals surface area contributed by atoms with Crippen molar-refractivity contribution in [3.8, 4) is 0 Å². The summed E-state index contributed by atoms with van der Waals surface area (Å²) < 4.78 is 0. The van der Waals surface area contributed by atoms with Gasteiger partial charge in [0.05, 0.1) is 0 Å². The minimum Gasteiger partial charge on any atom is -0.349 e. The molecule has 0 aromatic heterocycles. The number of hydrogen-bond acceptors (Lipinski definition) is 3. The normalized spacial score (nSPS) is 16.6. The first kappa shape index (κ1) is 14.2. The van der Waals surface area contributed by atoms with Gasteiger partial charge in [-0.05, 0) is 32.5 Å².